The molecule has 2 saturated carbocycles. The van der Waals surface area contributed by atoms with Gasteiger partial charge >= 0.3 is 0 Å². The number of fused-ring (bicyclic) bond motifs is 3. The van der Waals surface area contributed by atoms with Crippen LogP contribution in [0.15, 0.2) is 0 Å². The highest BCUT2D eigenvalue weighted by Gasteiger charge is 2.55. The molecule has 3 aliphatic rings. The Balaban J connectivity index is 1.76. The fourth-order valence-corrected chi connectivity index (χ4v) is 9.35. The third kappa shape index (κ3) is 1.55. The Hall–Kier alpha value is 0.730. The monoisotopic (exact) mass is 291 g/mol. The van der Waals surface area contributed by atoms with E-state index in [4.69, 9.17) is 0 Å². The van der Waals surface area contributed by atoms with Crippen molar-refractivity contribution in [1.29, 1.82) is 0 Å². The number of alkyl halides is 2. The molecule has 4 atom stereocenters. The molecule has 3 fully saturated rings. The lowest BCUT2D eigenvalue weighted by Crippen LogP contribution is -3.67. The van der Waals surface area contributed by atoms with Crippen molar-refractivity contribution in [3.63, 3.8) is 0 Å². The zero-order valence-electron chi connectivity index (χ0n) is 8.34. The number of hydrogen-bond acceptors (Lipinski definition) is 0. The van der Waals surface area contributed by atoms with Crippen molar-refractivity contribution in [2.24, 2.45) is 11.8 Å². The molecule has 0 amide bonds. The Labute approximate surface area is 92.1 Å². The van der Waals surface area contributed by atoms with Gasteiger partial charge in [0.1, 0.15) is 0 Å². The van der Waals surface area contributed by atoms with Crippen LogP contribution in [0.2, 0.25) is 0 Å². The van der Waals surface area contributed by atoms with E-state index in [9.17, 15) is 0 Å². The smallest absolute Gasteiger partial charge is 0.0527 e. The van der Waals surface area contributed by atoms with Crippen molar-refractivity contribution in [2.75, 3.05) is 0 Å². The minimum atomic E-state index is 0.620. The van der Waals surface area contributed by atoms with Gasteiger partial charge in [0, 0.05) is 11.8 Å². The zero-order valence-corrected chi connectivity index (χ0v) is 10.5. The molecule has 0 aromatic heterocycles. The second-order valence-corrected chi connectivity index (χ2v) is 8.97. The van der Waals surface area contributed by atoms with Gasteiger partial charge in [0.05, 0.1) is 0 Å². The van der Waals surface area contributed by atoms with Gasteiger partial charge in [0.25, 0.3) is 21.2 Å². The first-order valence-corrected chi connectivity index (χ1v) is 8.56. The Bertz CT molecular complexity index is 170. The maximum absolute atomic E-state index is 1.63. The topological polar surface area (TPSA) is 0 Å². The first kappa shape index (κ1) is 8.99. The molecule has 13 heavy (non-hydrogen) atoms. The highest BCUT2D eigenvalue weighted by Crippen LogP contribution is 2.38. The van der Waals surface area contributed by atoms with Crippen LogP contribution in [0.3, 0.4) is 0 Å². The van der Waals surface area contributed by atoms with E-state index in [1.165, 1.54) is 19.7 Å². The molecule has 0 spiro atoms. The van der Waals surface area contributed by atoms with Crippen LogP contribution in [0.1, 0.15) is 51.4 Å². The molecule has 1 heterocycles. The van der Waals surface area contributed by atoms with Crippen molar-refractivity contribution >= 4 is 0 Å². The van der Waals surface area contributed by atoms with Gasteiger partial charge in [-0.2, -0.15) is 0 Å². The van der Waals surface area contributed by atoms with Crippen molar-refractivity contribution in [3.8, 4) is 0 Å². The second kappa shape index (κ2) is 3.71. The fourth-order valence-electron chi connectivity index (χ4n) is 3.71. The van der Waals surface area contributed by atoms with Crippen LogP contribution in [-0.2, 0) is 0 Å². The number of hydrogen-bond donors (Lipinski definition) is 0. The van der Waals surface area contributed by atoms with Crippen molar-refractivity contribution in [2.45, 2.75) is 59.2 Å². The molecule has 0 radical (unpaired) electrons. The highest BCUT2D eigenvalue weighted by atomic mass is 127. The molecular formula is C12H20I+. The van der Waals surface area contributed by atoms with Crippen LogP contribution in [0.25, 0.3) is 0 Å². The van der Waals surface area contributed by atoms with E-state index >= 15 is 0 Å². The fraction of sp³-hybridized carbons (Fsp3) is 1.00. The Morgan fingerprint density at radius 1 is 0.615 bits per heavy atom. The van der Waals surface area contributed by atoms with Gasteiger partial charge in [0.15, 0.2) is 7.85 Å². The summed E-state index contributed by atoms with van der Waals surface area (Å²) in [5.41, 5.74) is 0. The van der Waals surface area contributed by atoms with Gasteiger partial charge in [0.2, 0.25) is 0 Å². The Morgan fingerprint density at radius 3 is 1.62 bits per heavy atom. The highest BCUT2D eigenvalue weighted by molar-refractivity contribution is 4.90. The molecular weight excluding hydrogens is 271 g/mol. The molecule has 0 aromatic carbocycles. The van der Waals surface area contributed by atoms with E-state index in [1.807, 2.05) is 0 Å². The quantitative estimate of drug-likeness (QED) is 0.442. The molecule has 4 unspecified atom stereocenters. The van der Waals surface area contributed by atoms with Gasteiger partial charge in [-0.3, -0.25) is 0 Å². The van der Waals surface area contributed by atoms with Crippen LogP contribution in [-0.4, -0.2) is 7.85 Å². The predicted octanol–water partition coefficient (Wildman–Crippen LogP) is 0.207. The summed E-state index contributed by atoms with van der Waals surface area (Å²) < 4.78 is 2.56. The number of halogens is 1. The van der Waals surface area contributed by atoms with E-state index in [0.29, 0.717) is 21.2 Å². The van der Waals surface area contributed by atoms with E-state index in [2.05, 4.69) is 0 Å². The predicted molar refractivity (Wildman–Crippen MR) is 51.5 cm³/mol. The molecule has 2 aliphatic carbocycles. The number of rotatable bonds is 0. The summed E-state index contributed by atoms with van der Waals surface area (Å²) in [6, 6.07) is 0. The summed E-state index contributed by atoms with van der Waals surface area (Å²) in [6.07, 6.45) is 12.8. The molecule has 0 aromatic rings. The van der Waals surface area contributed by atoms with Crippen LogP contribution in [0.4, 0.5) is 0 Å². The maximum Gasteiger partial charge on any atom is 0.276 e. The van der Waals surface area contributed by atoms with Crippen molar-refractivity contribution in [1.82, 2.24) is 0 Å². The lowest BCUT2D eigenvalue weighted by Gasteiger charge is -2.26. The van der Waals surface area contributed by atoms with Crippen LogP contribution in [0, 0.1) is 11.8 Å². The van der Waals surface area contributed by atoms with Gasteiger partial charge in [-0.1, -0.05) is 12.8 Å². The SMILES string of the molecule is C1CCC2C(C1)[I+]C1CCCCC12. The average Bonchev–Trinajstić information content (AvgIpc) is 2.56. The third-order valence-electron chi connectivity index (χ3n) is 4.34. The summed E-state index contributed by atoms with van der Waals surface area (Å²) in [6.45, 7) is 0. The van der Waals surface area contributed by atoms with E-state index < -0.39 is 0 Å². The summed E-state index contributed by atoms with van der Waals surface area (Å²) >= 11 is 0.620. The summed E-state index contributed by atoms with van der Waals surface area (Å²) in [5.74, 6) is 2.46. The van der Waals surface area contributed by atoms with Crippen molar-refractivity contribution < 1.29 is 21.2 Å². The van der Waals surface area contributed by atoms with E-state index in [0.717, 1.165) is 0 Å². The molecule has 0 nitrogen and oxygen atoms in total. The van der Waals surface area contributed by atoms with E-state index in [-0.39, 0.29) is 0 Å². The molecule has 1 aliphatic heterocycles. The normalized spacial score (nSPS) is 49.8. The Morgan fingerprint density at radius 2 is 1.08 bits per heavy atom. The molecule has 3 rings (SSSR count). The zero-order chi connectivity index (χ0) is 8.67. The molecule has 74 valence electrons. The summed E-state index contributed by atoms with van der Waals surface area (Å²) in [7, 11) is 0. The van der Waals surface area contributed by atoms with Crippen LogP contribution in [0.5, 0.6) is 0 Å². The Kier molecular flexibility index (Phi) is 2.57. The van der Waals surface area contributed by atoms with Crippen LogP contribution >= 0.6 is 0 Å². The van der Waals surface area contributed by atoms with Crippen molar-refractivity contribution in [3.05, 3.63) is 0 Å². The molecule has 0 N–H and O–H groups in total. The van der Waals surface area contributed by atoms with Crippen LogP contribution < -0.4 is 21.2 Å². The van der Waals surface area contributed by atoms with Gasteiger partial charge in [-0.25, -0.2) is 0 Å². The molecule has 0 bridgehead atoms. The van der Waals surface area contributed by atoms with Gasteiger partial charge in [-0.05, 0) is 38.5 Å². The third-order valence-corrected chi connectivity index (χ3v) is 9.28. The first-order chi connectivity index (χ1) is 6.45. The average molecular weight is 291 g/mol. The molecule has 1 heteroatoms. The van der Waals surface area contributed by atoms with Gasteiger partial charge < -0.3 is 0 Å². The maximum atomic E-state index is 1.63. The summed E-state index contributed by atoms with van der Waals surface area (Å²) in [4.78, 5) is 0. The second-order valence-electron chi connectivity index (χ2n) is 5.05. The lowest BCUT2D eigenvalue weighted by molar-refractivity contribution is -0.709. The van der Waals surface area contributed by atoms with Gasteiger partial charge in [-0.15, -0.1) is 0 Å². The standard InChI is InChI=1S/C12H20I/c1-3-7-11-9(5-1)10-6-2-4-8-12(10)13-11/h9-12H,1-8H2/q+1. The summed E-state index contributed by atoms with van der Waals surface area (Å²) in [5, 5.41) is 0. The van der Waals surface area contributed by atoms with E-state index in [1.54, 1.807) is 51.4 Å². The minimum absolute atomic E-state index is 0.620. The largest absolute Gasteiger partial charge is 0.276 e. The lowest BCUT2D eigenvalue weighted by atomic mass is 9.73. The first-order valence-electron chi connectivity index (χ1n) is 6.07. The minimum Gasteiger partial charge on any atom is -0.0527 e. The molecule has 1 saturated heterocycles.